The molecule has 0 amide bonds. The first-order valence-electron chi connectivity index (χ1n) is 8.87. The lowest BCUT2D eigenvalue weighted by Crippen LogP contribution is -2.48. The van der Waals surface area contributed by atoms with Crippen molar-refractivity contribution in [2.45, 2.75) is 22.9 Å². The molecule has 0 aliphatic carbocycles. The van der Waals surface area contributed by atoms with E-state index in [1.54, 1.807) is 19.1 Å². The molecule has 1 aliphatic rings. The van der Waals surface area contributed by atoms with Gasteiger partial charge in [0.05, 0.1) is 10.6 Å². The number of piperazine rings is 1. The second-order valence-corrected chi connectivity index (χ2v) is 10.1. The zero-order valence-electron chi connectivity index (χ0n) is 15.6. The van der Waals surface area contributed by atoms with Gasteiger partial charge in [0, 0.05) is 41.8 Å². The largest absolute Gasteiger partial charge is 0.398 e. The lowest BCUT2D eigenvalue weighted by atomic mass is 10.2. The van der Waals surface area contributed by atoms with Crippen molar-refractivity contribution in [3.63, 3.8) is 0 Å². The first-order valence-corrected chi connectivity index (χ1v) is 11.7. The summed E-state index contributed by atoms with van der Waals surface area (Å²) in [4.78, 5) is 2.76. The predicted molar refractivity (Wildman–Crippen MR) is 110 cm³/mol. The van der Waals surface area contributed by atoms with Gasteiger partial charge in [0.25, 0.3) is 0 Å². The third kappa shape index (κ3) is 5.59. The van der Waals surface area contributed by atoms with Crippen molar-refractivity contribution in [3.05, 3.63) is 53.1 Å². The van der Waals surface area contributed by atoms with Gasteiger partial charge in [-0.25, -0.2) is 8.42 Å². The summed E-state index contributed by atoms with van der Waals surface area (Å²) < 4.78 is 64.6. The highest BCUT2D eigenvalue weighted by atomic mass is 35.5. The molecule has 158 valence electrons. The number of alkyl halides is 3. The average Bonchev–Trinajstić information content (AvgIpc) is 2.67. The molecule has 1 heterocycles. The van der Waals surface area contributed by atoms with E-state index in [1.807, 2.05) is 11.0 Å². The maximum absolute atomic E-state index is 12.8. The molecular formula is C19H20ClF3N2O2S2. The highest BCUT2D eigenvalue weighted by molar-refractivity contribution is 7.99. The number of anilines is 1. The van der Waals surface area contributed by atoms with E-state index in [9.17, 15) is 21.6 Å². The van der Waals surface area contributed by atoms with E-state index in [0.29, 0.717) is 36.1 Å². The van der Waals surface area contributed by atoms with Crippen LogP contribution in [0.15, 0.2) is 52.3 Å². The van der Waals surface area contributed by atoms with Crippen LogP contribution < -0.4 is 4.90 Å². The number of hydrogen-bond donors (Lipinski definition) is 0. The van der Waals surface area contributed by atoms with Crippen molar-refractivity contribution in [3.8, 4) is 0 Å². The molecule has 0 radical (unpaired) electrons. The minimum absolute atomic E-state index is 0.191. The zero-order valence-corrected chi connectivity index (χ0v) is 18.0. The monoisotopic (exact) mass is 464 g/mol. The summed E-state index contributed by atoms with van der Waals surface area (Å²) in [5, 5.41) is 0.465. The van der Waals surface area contributed by atoms with Crippen molar-refractivity contribution in [2.24, 2.45) is 0 Å². The van der Waals surface area contributed by atoms with E-state index in [2.05, 4.69) is 0 Å². The number of nitrogens with zero attached hydrogens (tertiary/aromatic N) is 2. The number of sulfonamides is 1. The summed E-state index contributed by atoms with van der Waals surface area (Å²) in [6.07, 6.45) is -4.23. The molecule has 0 saturated carbocycles. The Kier molecular flexibility index (Phi) is 6.72. The molecule has 3 rings (SSSR count). The summed E-state index contributed by atoms with van der Waals surface area (Å²) in [6, 6.07) is 11.4. The van der Waals surface area contributed by atoms with Gasteiger partial charge in [0.15, 0.2) is 0 Å². The fraction of sp³-hybridized carbons (Fsp3) is 0.368. The van der Waals surface area contributed by atoms with E-state index in [1.165, 1.54) is 28.6 Å². The Morgan fingerprint density at radius 2 is 1.66 bits per heavy atom. The minimum atomic E-state index is -4.23. The maximum Gasteiger partial charge on any atom is 0.398 e. The molecule has 0 N–H and O–H groups in total. The van der Waals surface area contributed by atoms with Crippen LogP contribution in [0.4, 0.5) is 18.9 Å². The first kappa shape index (κ1) is 22.3. The summed E-state index contributed by atoms with van der Waals surface area (Å²) in [7, 11) is -3.61. The van der Waals surface area contributed by atoms with Gasteiger partial charge in [-0.05, 0) is 48.9 Å². The van der Waals surface area contributed by atoms with Gasteiger partial charge in [-0.2, -0.15) is 17.5 Å². The number of rotatable bonds is 5. The molecule has 2 aromatic rings. The summed E-state index contributed by atoms with van der Waals surface area (Å²) in [5.41, 5.74) is 1.58. The van der Waals surface area contributed by atoms with E-state index in [-0.39, 0.29) is 4.90 Å². The third-order valence-corrected chi connectivity index (χ3v) is 8.01. The Morgan fingerprint density at radius 3 is 2.24 bits per heavy atom. The van der Waals surface area contributed by atoms with Crippen molar-refractivity contribution in [2.75, 3.05) is 36.8 Å². The average molecular weight is 465 g/mol. The molecule has 4 nitrogen and oxygen atoms in total. The van der Waals surface area contributed by atoms with Crippen LogP contribution in [0, 0.1) is 6.92 Å². The lowest BCUT2D eigenvalue weighted by Gasteiger charge is -2.35. The highest BCUT2D eigenvalue weighted by Crippen LogP contribution is 2.32. The van der Waals surface area contributed by atoms with E-state index >= 15 is 0 Å². The fourth-order valence-electron chi connectivity index (χ4n) is 3.04. The molecular weight excluding hydrogens is 445 g/mol. The molecule has 0 unspecified atom stereocenters. The number of halogens is 4. The van der Waals surface area contributed by atoms with Crippen molar-refractivity contribution >= 4 is 39.1 Å². The number of aryl methyl sites for hydroxylation is 1. The van der Waals surface area contributed by atoms with Crippen LogP contribution >= 0.6 is 23.4 Å². The van der Waals surface area contributed by atoms with Gasteiger partial charge < -0.3 is 4.90 Å². The number of benzene rings is 2. The molecule has 0 spiro atoms. The standard InChI is InChI=1S/C19H20ClF3N2O2S2/c1-14-2-5-16(12-18(14)28-13-19(21,22)23)24-8-10-25(11-9-24)29(26,27)17-6-3-15(20)4-7-17/h2-7,12H,8-11,13H2,1H3. The van der Waals surface area contributed by atoms with Crippen LogP contribution in [0.2, 0.25) is 5.02 Å². The maximum atomic E-state index is 12.8. The minimum Gasteiger partial charge on any atom is -0.369 e. The molecule has 0 aromatic heterocycles. The van der Waals surface area contributed by atoms with E-state index < -0.39 is 22.0 Å². The van der Waals surface area contributed by atoms with Crippen LogP contribution in [0.25, 0.3) is 0 Å². The molecule has 1 saturated heterocycles. The lowest BCUT2D eigenvalue weighted by molar-refractivity contribution is -0.105. The van der Waals surface area contributed by atoms with Gasteiger partial charge in [-0.3, -0.25) is 0 Å². The first-order chi connectivity index (χ1) is 13.6. The quantitative estimate of drug-likeness (QED) is 0.595. The fourth-order valence-corrected chi connectivity index (χ4v) is 5.41. The molecule has 2 aromatic carbocycles. The number of thioether (sulfide) groups is 1. The van der Waals surface area contributed by atoms with Crippen LogP contribution in [-0.2, 0) is 10.0 Å². The summed E-state index contributed by atoms with van der Waals surface area (Å²) in [6.45, 7) is 3.28. The Hall–Kier alpha value is -1.42. The number of hydrogen-bond acceptors (Lipinski definition) is 4. The topological polar surface area (TPSA) is 40.6 Å². The molecule has 1 aliphatic heterocycles. The van der Waals surface area contributed by atoms with Crippen molar-refractivity contribution in [1.82, 2.24) is 4.31 Å². The molecule has 29 heavy (non-hydrogen) atoms. The SMILES string of the molecule is Cc1ccc(N2CCN(S(=O)(=O)c3ccc(Cl)cc3)CC2)cc1SCC(F)(F)F. The van der Waals surface area contributed by atoms with Crippen LogP contribution in [0.5, 0.6) is 0 Å². The third-order valence-electron chi connectivity index (χ3n) is 4.62. The van der Waals surface area contributed by atoms with Crippen molar-refractivity contribution in [1.29, 1.82) is 0 Å². The van der Waals surface area contributed by atoms with Crippen LogP contribution in [0.3, 0.4) is 0 Å². The Bertz CT molecular complexity index is 958. The van der Waals surface area contributed by atoms with Crippen LogP contribution in [-0.4, -0.2) is 50.8 Å². The second kappa shape index (κ2) is 8.75. The van der Waals surface area contributed by atoms with Gasteiger partial charge in [0.2, 0.25) is 10.0 Å². The van der Waals surface area contributed by atoms with Crippen LogP contribution in [0.1, 0.15) is 5.56 Å². The van der Waals surface area contributed by atoms with Crippen molar-refractivity contribution < 1.29 is 21.6 Å². The Morgan fingerprint density at radius 1 is 1.03 bits per heavy atom. The highest BCUT2D eigenvalue weighted by Gasteiger charge is 2.30. The Balaban J connectivity index is 1.68. The zero-order chi connectivity index (χ0) is 21.2. The molecule has 0 bridgehead atoms. The molecule has 0 atom stereocenters. The molecule has 10 heteroatoms. The van der Waals surface area contributed by atoms with Gasteiger partial charge in [0.1, 0.15) is 0 Å². The second-order valence-electron chi connectivity index (χ2n) is 6.70. The smallest absolute Gasteiger partial charge is 0.369 e. The van der Waals surface area contributed by atoms with Gasteiger partial charge in [-0.1, -0.05) is 17.7 Å². The van der Waals surface area contributed by atoms with Gasteiger partial charge in [-0.15, -0.1) is 11.8 Å². The predicted octanol–water partition coefficient (Wildman–Crippen LogP) is 4.81. The molecule has 1 fully saturated rings. The van der Waals surface area contributed by atoms with Gasteiger partial charge >= 0.3 is 6.18 Å². The summed E-state index contributed by atoms with van der Waals surface area (Å²) >= 11 is 6.59. The van der Waals surface area contributed by atoms with E-state index in [4.69, 9.17) is 11.6 Å². The van der Waals surface area contributed by atoms with E-state index in [0.717, 1.165) is 23.0 Å². The Labute approximate surface area is 177 Å². The normalized spacial score (nSPS) is 16.2. The summed E-state index contributed by atoms with van der Waals surface area (Å²) in [5.74, 6) is -0.940.